The largest absolute Gasteiger partial charge is 0.397 e. The number of aromatic nitrogens is 1. The van der Waals surface area contributed by atoms with Gasteiger partial charge in [-0.15, -0.1) is 0 Å². The Morgan fingerprint density at radius 3 is 2.83 bits per heavy atom. The first-order valence-electron chi connectivity index (χ1n) is 5.85. The van der Waals surface area contributed by atoms with Gasteiger partial charge >= 0.3 is 0 Å². The second-order valence-corrected chi connectivity index (χ2v) is 4.69. The molecule has 1 fully saturated rings. The van der Waals surface area contributed by atoms with Crippen molar-refractivity contribution in [2.75, 3.05) is 25.9 Å². The molecule has 0 aliphatic carbocycles. The molecule has 5 nitrogen and oxygen atoms in total. The van der Waals surface area contributed by atoms with E-state index in [2.05, 4.69) is 4.98 Å². The number of amides is 1. The molecule has 18 heavy (non-hydrogen) atoms. The summed E-state index contributed by atoms with van der Waals surface area (Å²) in [6.45, 7) is 1.34. The van der Waals surface area contributed by atoms with Gasteiger partial charge in [0.25, 0.3) is 5.91 Å². The topological polar surface area (TPSA) is 68.5 Å². The van der Waals surface area contributed by atoms with Gasteiger partial charge in [-0.2, -0.15) is 0 Å². The minimum Gasteiger partial charge on any atom is -0.397 e. The molecule has 98 valence electrons. The van der Waals surface area contributed by atoms with Crippen molar-refractivity contribution in [3.63, 3.8) is 0 Å². The molecule has 1 saturated heterocycles. The van der Waals surface area contributed by atoms with Crippen molar-refractivity contribution in [3.05, 3.63) is 23.0 Å². The Morgan fingerprint density at radius 2 is 2.22 bits per heavy atom. The number of nitrogens with zero attached hydrogens (tertiary/aromatic N) is 2. The van der Waals surface area contributed by atoms with Crippen LogP contribution in [0.3, 0.4) is 0 Å². The lowest BCUT2D eigenvalue weighted by molar-refractivity contribution is 0.0350. The van der Waals surface area contributed by atoms with E-state index in [9.17, 15) is 4.79 Å². The van der Waals surface area contributed by atoms with E-state index in [1.807, 2.05) is 0 Å². The van der Waals surface area contributed by atoms with Crippen LogP contribution in [0.5, 0.6) is 0 Å². The number of carbonyl (C=O) groups excluding carboxylic acids is 1. The molecule has 2 N–H and O–H groups in total. The molecule has 1 aliphatic heterocycles. The summed E-state index contributed by atoms with van der Waals surface area (Å²) in [7, 11) is 1.70. The fourth-order valence-corrected chi connectivity index (χ4v) is 2.26. The lowest BCUT2D eigenvalue weighted by Gasteiger charge is -2.31. The maximum atomic E-state index is 12.3. The van der Waals surface area contributed by atoms with Crippen LogP contribution in [-0.4, -0.2) is 42.1 Å². The Hall–Kier alpha value is -1.33. The van der Waals surface area contributed by atoms with E-state index in [0.29, 0.717) is 24.3 Å². The number of carbonyl (C=O) groups is 1. The molecule has 0 radical (unpaired) electrons. The van der Waals surface area contributed by atoms with Gasteiger partial charge in [-0.3, -0.25) is 4.79 Å². The summed E-state index contributed by atoms with van der Waals surface area (Å²) in [4.78, 5) is 17.9. The summed E-state index contributed by atoms with van der Waals surface area (Å²) in [6, 6.07) is 1.57. The molecule has 0 saturated carbocycles. The summed E-state index contributed by atoms with van der Waals surface area (Å²) in [5.74, 6) is -0.116. The number of hydrogen-bond acceptors (Lipinski definition) is 4. The van der Waals surface area contributed by atoms with Crippen LogP contribution in [-0.2, 0) is 4.74 Å². The van der Waals surface area contributed by atoms with Gasteiger partial charge in [-0.25, -0.2) is 4.98 Å². The molecule has 0 unspecified atom stereocenters. The lowest BCUT2D eigenvalue weighted by Crippen LogP contribution is -2.40. The van der Waals surface area contributed by atoms with Gasteiger partial charge in [0, 0.05) is 20.2 Å². The summed E-state index contributed by atoms with van der Waals surface area (Å²) in [5.41, 5.74) is 6.43. The fraction of sp³-hybridized carbons (Fsp3) is 0.500. The number of piperidine rings is 1. The van der Waals surface area contributed by atoms with Crippen molar-refractivity contribution in [2.45, 2.75) is 18.9 Å². The number of hydrogen-bond donors (Lipinski definition) is 1. The van der Waals surface area contributed by atoms with Crippen molar-refractivity contribution >= 4 is 23.2 Å². The second-order valence-electron chi connectivity index (χ2n) is 4.33. The van der Waals surface area contributed by atoms with Crippen molar-refractivity contribution in [1.29, 1.82) is 0 Å². The van der Waals surface area contributed by atoms with Crippen LogP contribution in [0.4, 0.5) is 5.69 Å². The number of ether oxygens (including phenoxy) is 1. The molecule has 0 spiro atoms. The Labute approximate surface area is 111 Å². The van der Waals surface area contributed by atoms with Crippen LogP contribution < -0.4 is 5.73 Å². The van der Waals surface area contributed by atoms with Crippen LogP contribution >= 0.6 is 11.6 Å². The number of nitrogens with two attached hydrogens (primary N) is 1. The molecule has 1 aromatic heterocycles. The first-order chi connectivity index (χ1) is 8.61. The molecular formula is C12H16ClN3O2. The number of pyridine rings is 1. The third-order valence-electron chi connectivity index (χ3n) is 3.15. The molecule has 1 aliphatic rings. The summed E-state index contributed by atoms with van der Waals surface area (Å²) in [5, 5.41) is 0.197. The number of nitrogen functional groups attached to an aromatic ring is 1. The molecule has 6 heteroatoms. The minimum atomic E-state index is -0.116. The van der Waals surface area contributed by atoms with Crippen LogP contribution in [0, 0.1) is 0 Å². The van der Waals surface area contributed by atoms with Crippen molar-refractivity contribution in [3.8, 4) is 0 Å². The zero-order chi connectivity index (χ0) is 13.1. The number of methoxy groups -OCH3 is 1. The van der Waals surface area contributed by atoms with Crippen molar-refractivity contribution in [1.82, 2.24) is 9.88 Å². The maximum absolute atomic E-state index is 12.3. The Kier molecular flexibility index (Phi) is 4.04. The molecule has 2 rings (SSSR count). The number of halogens is 1. The molecule has 2 heterocycles. The second kappa shape index (κ2) is 5.54. The average molecular weight is 270 g/mol. The first kappa shape index (κ1) is 13.1. The van der Waals surface area contributed by atoms with E-state index in [4.69, 9.17) is 22.1 Å². The van der Waals surface area contributed by atoms with Gasteiger partial charge in [0.2, 0.25) is 0 Å². The van der Waals surface area contributed by atoms with Crippen molar-refractivity contribution < 1.29 is 9.53 Å². The average Bonchev–Trinajstić information content (AvgIpc) is 2.41. The molecule has 0 aromatic carbocycles. The van der Waals surface area contributed by atoms with Crippen LogP contribution in [0.15, 0.2) is 12.3 Å². The lowest BCUT2D eigenvalue weighted by atomic mass is 10.1. The van der Waals surface area contributed by atoms with Gasteiger partial charge in [0.05, 0.1) is 23.6 Å². The summed E-state index contributed by atoms with van der Waals surface area (Å²) >= 11 is 5.93. The highest BCUT2D eigenvalue weighted by Gasteiger charge is 2.25. The zero-order valence-corrected chi connectivity index (χ0v) is 11.0. The summed E-state index contributed by atoms with van der Waals surface area (Å²) in [6.07, 6.45) is 3.37. The predicted octanol–water partition coefficient (Wildman–Crippen LogP) is 1.57. The normalized spacial score (nSPS) is 16.9. The van der Waals surface area contributed by atoms with E-state index < -0.39 is 0 Å². The standard InChI is InChI=1S/C12H16ClN3O2/c1-18-9-2-4-16(5-3-9)12(17)10-6-8(14)7-15-11(10)13/h6-7,9H,2-5,14H2,1H3. The van der Waals surface area contributed by atoms with Gasteiger partial charge in [0.15, 0.2) is 0 Å². The van der Waals surface area contributed by atoms with Crippen LogP contribution in [0.25, 0.3) is 0 Å². The fourth-order valence-electron chi connectivity index (χ4n) is 2.08. The van der Waals surface area contributed by atoms with E-state index in [1.54, 1.807) is 18.1 Å². The quantitative estimate of drug-likeness (QED) is 0.828. The molecule has 0 bridgehead atoms. The SMILES string of the molecule is COC1CCN(C(=O)c2cc(N)cnc2Cl)CC1. The highest BCUT2D eigenvalue weighted by atomic mass is 35.5. The maximum Gasteiger partial charge on any atom is 0.257 e. The van der Waals surface area contributed by atoms with E-state index >= 15 is 0 Å². The zero-order valence-electron chi connectivity index (χ0n) is 10.2. The Balaban J connectivity index is 2.10. The predicted molar refractivity (Wildman–Crippen MR) is 69.6 cm³/mol. The molecular weight excluding hydrogens is 254 g/mol. The van der Waals surface area contributed by atoms with E-state index in [0.717, 1.165) is 12.8 Å². The Bertz CT molecular complexity index is 445. The van der Waals surface area contributed by atoms with E-state index in [-0.39, 0.29) is 17.2 Å². The smallest absolute Gasteiger partial charge is 0.257 e. The molecule has 1 aromatic rings. The number of rotatable bonds is 2. The van der Waals surface area contributed by atoms with Gasteiger partial charge in [0.1, 0.15) is 5.15 Å². The molecule has 0 atom stereocenters. The van der Waals surface area contributed by atoms with Gasteiger partial charge in [-0.05, 0) is 18.9 Å². The highest BCUT2D eigenvalue weighted by Crippen LogP contribution is 2.20. The van der Waals surface area contributed by atoms with Crippen LogP contribution in [0.1, 0.15) is 23.2 Å². The minimum absolute atomic E-state index is 0.116. The van der Waals surface area contributed by atoms with Gasteiger partial charge in [-0.1, -0.05) is 11.6 Å². The highest BCUT2D eigenvalue weighted by molar-refractivity contribution is 6.32. The Morgan fingerprint density at radius 1 is 1.56 bits per heavy atom. The third kappa shape index (κ3) is 2.73. The van der Waals surface area contributed by atoms with Crippen LogP contribution in [0.2, 0.25) is 5.15 Å². The number of anilines is 1. The van der Waals surface area contributed by atoms with Crippen molar-refractivity contribution in [2.24, 2.45) is 0 Å². The number of likely N-dealkylation sites (tertiary alicyclic amines) is 1. The molecule has 1 amide bonds. The summed E-state index contributed by atoms with van der Waals surface area (Å²) < 4.78 is 5.27. The van der Waals surface area contributed by atoms with Gasteiger partial charge < -0.3 is 15.4 Å². The monoisotopic (exact) mass is 269 g/mol. The first-order valence-corrected chi connectivity index (χ1v) is 6.22. The third-order valence-corrected chi connectivity index (χ3v) is 3.45. The van der Waals surface area contributed by atoms with E-state index in [1.165, 1.54) is 6.20 Å².